The van der Waals surface area contributed by atoms with Gasteiger partial charge in [0.15, 0.2) is 0 Å². The summed E-state index contributed by atoms with van der Waals surface area (Å²) in [5.74, 6) is 0. The smallest absolute Gasteiger partial charge is 0.0967 e. The molecule has 0 spiro atoms. The first-order chi connectivity index (χ1) is 23.8. The van der Waals surface area contributed by atoms with Gasteiger partial charge in [-0.3, -0.25) is 0 Å². The fourth-order valence-corrected chi connectivity index (χ4v) is 13.6. The van der Waals surface area contributed by atoms with Gasteiger partial charge in [-0.2, -0.15) is 0 Å². The molecule has 0 saturated heterocycles. The van der Waals surface area contributed by atoms with Crippen LogP contribution >= 0.6 is 15.8 Å². The summed E-state index contributed by atoms with van der Waals surface area (Å²) in [6.07, 6.45) is 4.42. The van der Waals surface area contributed by atoms with Crippen LogP contribution in [-0.2, 0) is 32.3 Å². The Kier molecular flexibility index (Phi) is 12.7. The summed E-state index contributed by atoms with van der Waals surface area (Å²) in [6, 6.07) is 64.6. The Morgan fingerprint density at radius 2 is 0.680 bits per heavy atom. The normalized spacial score (nSPS) is 19.5. The molecule has 0 amide bonds. The minimum absolute atomic E-state index is 0. The van der Waals surface area contributed by atoms with E-state index in [0.717, 1.165) is 25.2 Å². The van der Waals surface area contributed by atoms with E-state index in [9.17, 15) is 0 Å². The van der Waals surface area contributed by atoms with Gasteiger partial charge in [0.25, 0.3) is 0 Å². The Balaban J connectivity index is 0.00000216. The molecule has 2 N–H and O–H groups in total. The van der Waals surface area contributed by atoms with Crippen molar-refractivity contribution >= 4 is 45.5 Å². The van der Waals surface area contributed by atoms with E-state index < -0.39 is 15.8 Å². The Morgan fingerprint density at radius 1 is 0.400 bits per heavy atom. The largest absolute Gasteiger partial charge is 0.302 e. The molecule has 0 bridgehead atoms. The number of benzene rings is 6. The zero-order valence-corrected chi connectivity index (χ0v) is 32.1. The molecule has 2 aliphatic heterocycles. The third-order valence-corrected chi connectivity index (χ3v) is 16.2. The molecule has 0 aliphatic carbocycles. The summed E-state index contributed by atoms with van der Waals surface area (Å²) in [5, 5.41) is 14.6. The van der Waals surface area contributed by atoms with Crippen molar-refractivity contribution in [2.75, 3.05) is 12.3 Å². The van der Waals surface area contributed by atoms with Gasteiger partial charge in [-0.15, -0.1) is 0 Å². The van der Waals surface area contributed by atoms with Gasteiger partial charge < -0.3 is 10.6 Å². The van der Waals surface area contributed by atoms with Crippen LogP contribution in [0.15, 0.2) is 170 Å². The van der Waals surface area contributed by atoms with Crippen LogP contribution in [0.2, 0.25) is 0 Å². The maximum Gasteiger partial charge on any atom is 0.0967 e. The van der Waals surface area contributed by atoms with Crippen molar-refractivity contribution in [1.82, 2.24) is 10.6 Å². The first-order valence-electron chi connectivity index (χ1n) is 17.4. The van der Waals surface area contributed by atoms with Gasteiger partial charge in [-0.1, -0.05) is 121 Å². The second kappa shape index (κ2) is 17.3. The van der Waals surface area contributed by atoms with Crippen LogP contribution in [0.5, 0.6) is 0 Å². The SMILES string of the molecule is [B].[RuH+2].c1ccc([PH+](C[C@H]2Cc3ccccc3[C@H]([C@@H]3N[C@@H](C[PH+](c4ccccc4)c4ccccc4)Cc4ccccc43)N2)c2ccccc2)cc1. The van der Waals surface area contributed by atoms with E-state index in [4.69, 9.17) is 0 Å². The third-order valence-electron chi connectivity index (χ3n) is 10.3. The molecule has 2 aliphatic rings. The van der Waals surface area contributed by atoms with Crippen molar-refractivity contribution in [2.45, 2.75) is 37.0 Å². The Bertz CT molecular complexity index is 1710. The zero-order chi connectivity index (χ0) is 32.1. The van der Waals surface area contributed by atoms with Gasteiger partial charge in [-0.25, -0.2) is 0 Å². The zero-order valence-electron chi connectivity index (χ0n) is 28.3. The van der Waals surface area contributed by atoms with Crippen molar-refractivity contribution < 1.29 is 19.5 Å². The monoisotopic (exact) mass is 776 g/mol. The fraction of sp³-hybridized carbons (Fsp3) is 0.182. The average molecular weight is 776 g/mol. The molecule has 50 heavy (non-hydrogen) atoms. The predicted molar refractivity (Wildman–Crippen MR) is 217 cm³/mol. The van der Waals surface area contributed by atoms with Crippen LogP contribution in [0.3, 0.4) is 0 Å². The first-order valence-corrected chi connectivity index (χ1v) is 20.8. The summed E-state index contributed by atoms with van der Waals surface area (Å²) < 4.78 is 0. The molecule has 2 heterocycles. The van der Waals surface area contributed by atoms with Crippen LogP contribution in [0.25, 0.3) is 0 Å². The van der Waals surface area contributed by atoms with E-state index in [2.05, 4.69) is 180 Å². The summed E-state index contributed by atoms with van der Waals surface area (Å²) in [4.78, 5) is 0. The molecule has 6 aromatic rings. The maximum absolute atomic E-state index is 4.30. The molecule has 6 aromatic carbocycles. The number of nitrogens with one attached hydrogen (secondary N) is 2. The van der Waals surface area contributed by atoms with Gasteiger partial charge in [0.05, 0.1) is 61.5 Å². The molecule has 0 aromatic heterocycles. The van der Waals surface area contributed by atoms with Crippen LogP contribution in [0, 0.1) is 0 Å². The van der Waals surface area contributed by atoms with E-state index in [0.29, 0.717) is 12.1 Å². The standard InChI is InChI=1S/C44H42N2P2.B.Ru.H/c1-5-19-37(20-6-1)47(38-21-7-2-8-22-38)31-35-29-33-17-13-15-27-41(33)43(45-35)44-42-28-16-14-18-34(42)30-36(46-44)32-48(39-23-9-3-10-24-39)40-25-11-4-12-26-40;;;/h1-28,35-36,43-46H,29-32H2;;;/q;;+2;/p+2/t35-,36-,43-,44-;;;/m1.../s1. The second-order valence-electron chi connectivity index (χ2n) is 13.3. The fourth-order valence-electron chi connectivity index (χ4n) is 8.05. The van der Waals surface area contributed by atoms with Crippen molar-refractivity contribution in [3.8, 4) is 0 Å². The molecule has 0 fully saturated rings. The molecule has 3 radical (unpaired) electrons. The van der Waals surface area contributed by atoms with Gasteiger partial charge in [0.2, 0.25) is 0 Å². The molecule has 8 rings (SSSR count). The van der Waals surface area contributed by atoms with Crippen molar-refractivity contribution in [2.24, 2.45) is 0 Å². The first kappa shape index (κ1) is 36.6. The number of hydrogen-bond acceptors (Lipinski definition) is 2. The Hall–Kier alpha value is -3.21. The molecule has 4 atom stereocenters. The van der Waals surface area contributed by atoms with Gasteiger partial charge >= 0.3 is 19.5 Å². The van der Waals surface area contributed by atoms with Gasteiger partial charge in [0.1, 0.15) is 0 Å². The van der Waals surface area contributed by atoms with Crippen LogP contribution in [-0.4, -0.2) is 32.8 Å². The van der Waals surface area contributed by atoms with Crippen LogP contribution < -0.4 is 31.9 Å². The van der Waals surface area contributed by atoms with E-state index in [1.807, 2.05) is 0 Å². The quantitative estimate of drug-likeness (QED) is 0.128. The number of hydrogen-bond donors (Lipinski definition) is 2. The molecule has 0 unspecified atom stereocenters. The van der Waals surface area contributed by atoms with Crippen molar-refractivity contribution in [1.29, 1.82) is 0 Å². The Morgan fingerprint density at radius 3 is 1.00 bits per heavy atom. The second-order valence-corrected chi connectivity index (χ2v) is 18.4. The molecule has 0 saturated carbocycles. The average Bonchev–Trinajstić information content (AvgIpc) is 3.17. The summed E-state index contributed by atoms with van der Waals surface area (Å²) in [7, 11) is -1.96. The van der Waals surface area contributed by atoms with Crippen molar-refractivity contribution in [3.05, 3.63) is 192 Å². The minimum Gasteiger partial charge on any atom is -0.302 e. The van der Waals surface area contributed by atoms with Crippen LogP contribution in [0.1, 0.15) is 34.3 Å². The van der Waals surface area contributed by atoms with Crippen LogP contribution in [0.4, 0.5) is 0 Å². The molecular formula is C44H45BN2P2Ru+4. The predicted octanol–water partition coefficient (Wildman–Crippen LogP) is 6.58. The number of rotatable bonds is 9. The van der Waals surface area contributed by atoms with E-state index in [-0.39, 0.29) is 40.0 Å². The van der Waals surface area contributed by atoms with Crippen molar-refractivity contribution in [3.63, 3.8) is 0 Å². The summed E-state index contributed by atoms with van der Waals surface area (Å²) in [6.45, 7) is 0. The third kappa shape index (κ3) is 8.13. The number of fused-ring (bicyclic) bond motifs is 2. The van der Waals surface area contributed by atoms with Gasteiger partial charge in [-0.05, 0) is 83.6 Å². The summed E-state index contributed by atoms with van der Waals surface area (Å²) >= 11 is 0. The topological polar surface area (TPSA) is 24.1 Å². The van der Waals surface area contributed by atoms with E-state index >= 15 is 0 Å². The molecular weight excluding hydrogens is 730 g/mol. The summed E-state index contributed by atoms with van der Waals surface area (Å²) in [5.41, 5.74) is 5.89. The molecule has 248 valence electrons. The Labute approximate surface area is 315 Å². The van der Waals surface area contributed by atoms with E-state index in [1.54, 1.807) is 0 Å². The van der Waals surface area contributed by atoms with E-state index in [1.165, 1.54) is 43.5 Å². The molecule has 2 nitrogen and oxygen atoms in total. The molecule has 6 heteroatoms. The van der Waals surface area contributed by atoms with Gasteiger partial charge in [0, 0.05) is 20.5 Å². The minimum atomic E-state index is -0.979. The maximum atomic E-state index is 4.30.